The molecule has 0 saturated carbocycles. The first-order valence-corrected chi connectivity index (χ1v) is 10.8. The van der Waals surface area contributed by atoms with E-state index in [1.807, 2.05) is 63.5 Å². The first kappa shape index (κ1) is 22.9. The van der Waals surface area contributed by atoms with Crippen molar-refractivity contribution in [2.45, 2.75) is 26.3 Å². The van der Waals surface area contributed by atoms with E-state index in [-0.39, 0.29) is 11.9 Å². The molecule has 0 aliphatic heterocycles. The molecule has 0 bridgehead atoms. The van der Waals surface area contributed by atoms with Crippen LogP contribution in [0.1, 0.15) is 31.9 Å². The van der Waals surface area contributed by atoms with E-state index in [0.717, 1.165) is 35.1 Å². The Balaban J connectivity index is 1.67. The Morgan fingerprint density at radius 2 is 1.74 bits per heavy atom. The van der Waals surface area contributed by atoms with Crippen molar-refractivity contribution in [2.24, 2.45) is 0 Å². The van der Waals surface area contributed by atoms with Crippen molar-refractivity contribution in [2.75, 3.05) is 27.2 Å². The Morgan fingerprint density at radius 1 is 1.03 bits per heavy atom. The SMILES string of the molecule is CC(=O)NC(C)c1ccc2cc(Oc3ccc(OCCCN(C)C)cc3Cl)ccc2c1. The van der Waals surface area contributed by atoms with Crippen molar-refractivity contribution in [3.63, 3.8) is 0 Å². The Hall–Kier alpha value is -2.76. The molecule has 0 aliphatic rings. The second-order valence-corrected chi connectivity index (χ2v) is 8.30. The quantitative estimate of drug-likeness (QED) is 0.426. The Morgan fingerprint density at radius 3 is 2.45 bits per heavy atom. The predicted octanol–water partition coefficient (Wildman–Crippen LogP) is 5.81. The number of benzene rings is 3. The van der Waals surface area contributed by atoms with Gasteiger partial charge in [0.25, 0.3) is 0 Å². The van der Waals surface area contributed by atoms with Crippen molar-refractivity contribution < 1.29 is 14.3 Å². The van der Waals surface area contributed by atoms with Gasteiger partial charge in [0.15, 0.2) is 0 Å². The van der Waals surface area contributed by atoms with E-state index in [4.69, 9.17) is 21.1 Å². The molecule has 1 amide bonds. The van der Waals surface area contributed by atoms with E-state index in [1.165, 1.54) is 6.92 Å². The number of carbonyl (C=O) groups excluding carboxylic acids is 1. The third-order valence-electron chi connectivity index (χ3n) is 4.91. The summed E-state index contributed by atoms with van der Waals surface area (Å²) in [5, 5.41) is 5.54. The number of rotatable bonds is 9. The number of hydrogen-bond acceptors (Lipinski definition) is 4. The second kappa shape index (κ2) is 10.5. The second-order valence-electron chi connectivity index (χ2n) is 7.89. The molecule has 0 fully saturated rings. The summed E-state index contributed by atoms with van der Waals surface area (Å²) < 4.78 is 11.8. The van der Waals surface area contributed by atoms with Gasteiger partial charge in [-0.25, -0.2) is 0 Å². The third-order valence-corrected chi connectivity index (χ3v) is 5.20. The average molecular weight is 441 g/mol. The normalized spacial score (nSPS) is 12.1. The fraction of sp³-hybridized carbons (Fsp3) is 0.320. The molecule has 5 nitrogen and oxygen atoms in total. The van der Waals surface area contributed by atoms with Crippen LogP contribution in [-0.4, -0.2) is 38.1 Å². The van der Waals surface area contributed by atoms with Gasteiger partial charge < -0.3 is 19.7 Å². The molecule has 1 atom stereocenters. The molecule has 6 heteroatoms. The highest BCUT2D eigenvalue weighted by atomic mass is 35.5. The summed E-state index contributed by atoms with van der Waals surface area (Å²) >= 11 is 6.41. The van der Waals surface area contributed by atoms with Crippen LogP contribution in [0.5, 0.6) is 17.2 Å². The van der Waals surface area contributed by atoms with Crippen molar-refractivity contribution in [1.29, 1.82) is 0 Å². The van der Waals surface area contributed by atoms with Crippen LogP contribution in [0.4, 0.5) is 0 Å². The minimum Gasteiger partial charge on any atom is -0.493 e. The molecule has 0 aromatic heterocycles. The van der Waals surface area contributed by atoms with Crippen molar-refractivity contribution in [3.05, 3.63) is 65.2 Å². The lowest BCUT2D eigenvalue weighted by molar-refractivity contribution is -0.119. The van der Waals surface area contributed by atoms with Crippen LogP contribution in [-0.2, 0) is 4.79 Å². The Labute approximate surface area is 188 Å². The molecule has 3 aromatic carbocycles. The van der Waals surface area contributed by atoms with E-state index < -0.39 is 0 Å². The molecule has 3 rings (SSSR count). The first-order valence-electron chi connectivity index (χ1n) is 10.4. The van der Waals surface area contributed by atoms with Crippen LogP contribution in [0.2, 0.25) is 5.02 Å². The number of nitrogens with one attached hydrogen (secondary N) is 1. The van der Waals surface area contributed by atoms with E-state index in [9.17, 15) is 4.79 Å². The lowest BCUT2D eigenvalue weighted by Gasteiger charge is -2.14. The zero-order valence-corrected chi connectivity index (χ0v) is 19.2. The first-order chi connectivity index (χ1) is 14.8. The van der Waals surface area contributed by atoms with Gasteiger partial charge in [-0.2, -0.15) is 0 Å². The molecule has 1 unspecified atom stereocenters. The molecule has 31 heavy (non-hydrogen) atoms. The third kappa shape index (κ3) is 6.61. The summed E-state index contributed by atoms with van der Waals surface area (Å²) in [4.78, 5) is 13.4. The molecule has 0 saturated heterocycles. The zero-order chi connectivity index (χ0) is 22.4. The molecular weight excluding hydrogens is 412 g/mol. The van der Waals surface area contributed by atoms with Crippen LogP contribution in [0.15, 0.2) is 54.6 Å². The van der Waals surface area contributed by atoms with Crippen molar-refractivity contribution in [1.82, 2.24) is 10.2 Å². The van der Waals surface area contributed by atoms with Crippen LogP contribution < -0.4 is 14.8 Å². The lowest BCUT2D eigenvalue weighted by atomic mass is 10.0. The number of halogens is 1. The summed E-state index contributed by atoms with van der Waals surface area (Å²) in [6, 6.07) is 17.5. The number of carbonyl (C=O) groups is 1. The van der Waals surface area contributed by atoms with Crippen molar-refractivity contribution >= 4 is 28.3 Å². The summed E-state index contributed by atoms with van der Waals surface area (Å²) in [6.45, 7) is 5.11. The van der Waals surface area contributed by atoms with E-state index in [2.05, 4.69) is 16.3 Å². The maximum atomic E-state index is 11.3. The molecule has 3 aromatic rings. The number of nitrogens with zero attached hydrogens (tertiary/aromatic N) is 1. The number of amides is 1. The van der Waals surface area contributed by atoms with Crippen LogP contribution in [0, 0.1) is 0 Å². The number of ether oxygens (including phenoxy) is 2. The van der Waals surface area contributed by atoms with Gasteiger partial charge in [-0.15, -0.1) is 0 Å². The summed E-state index contributed by atoms with van der Waals surface area (Å²) in [5.41, 5.74) is 1.06. The standard InChI is InChI=1S/C25H29ClN2O3/c1-17(27-18(2)29)19-6-7-21-15-23(9-8-20(21)14-19)31-25-11-10-22(16-24(25)26)30-13-5-12-28(3)4/h6-11,14-17H,5,12-13H2,1-4H3,(H,27,29). The zero-order valence-electron chi connectivity index (χ0n) is 18.4. The van der Waals surface area contributed by atoms with Gasteiger partial charge >= 0.3 is 0 Å². The van der Waals surface area contributed by atoms with Gasteiger partial charge in [-0.1, -0.05) is 29.8 Å². The average Bonchev–Trinajstić information content (AvgIpc) is 2.72. The number of fused-ring (bicyclic) bond motifs is 1. The van der Waals surface area contributed by atoms with Gasteiger partial charge in [0.1, 0.15) is 17.2 Å². The minimum absolute atomic E-state index is 0.0414. The highest BCUT2D eigenvalue weighted by molar-refractivity contribution is 6.32. The van der Waals surface area contributed by atoms with Crippen LogP contribution in [0.25, 0.3) is 10.8 Å². The predicted molar refractivity (Wildman–Crippen MR) is 126 cm³/mol. The maximum absolute atomic E-state index is 11.3. The maximum Gasteiger partial charge on any atom is 0.217 e. The Kier molecular flexibility index (Phi) is 7.77. The Bertz CT molecular complexity index is 1050. The molecular formula is C25H29ClN2O3. The highest BCUT2D eigenvalue weighted by Gasteiger charge is 2.09. The summed E-state index contributed by atoms with van der Waals surface area (Å²) in [7, 11) is 4.09. The summed E-state index contributed by atoms with van der Waals surface area (Å²) in [5.74, 6) is 1.97. The van der Waals surface area contributed by atoms with Gasteiger partial charge in [0.2, 0.25) is 5.91 Å². The fourth-order valence-electron chi connectivity index (χ4n) is 3.32. The van der Waals surface area contributed by atoms with Gasteiger partial charge in [-0.3, -0.25) is 4.79 Å². The van der Waals surface area contributed by atoms with Gasteiger partial charge in [0, 0.05) is 19.5 Å². The topological polar surface area (TPSA) is 50.8 Å². The number of hydrogen-bond donors (Lipinski definition) is 1. The molecule has 0 radical (unpaired) electrons. The molecule has 0 heterocycles. The fourth-order valence-corrected chi connectivity index (χ4v) is 3.52. The largest absolute Gasteiger partial charge is 0.493 e. The lowest BCUT2D eigenvalue weighted by Crippen LogP contribution is -2.23. The highest BCUT2D eigenvalue weighted by Crippen LogP contribution is 2.34. The van der Waals surface area contributed by atoms with E-state index >= 15 is 0 Å². The van der Waals surface area contributed by atoms with Gasteiger partial charge in [0.05, 0.1) is 17.7 Å². The van der Waals surface area contributed by atoms with Gasteiger partial charge in [-0.05, 0) is 74.1 Å². The van der Waals surface area contributed by atoms with Crippen molar-refractivity contribution in [3.8, 4) is 17.2 Å². The molecule has 0 aliphatic carbocycles. The molecule has 164 valence electrons. The monoisotopic (exact) mass is 440 g/mol. The van der Waals surface area contributed by atoms with E-state index in [1.54, 1.807) is 6.07 Å². The smallest absolute Gasteiger partial charge is 0.217 e. The summed E-state index contributed by atoms with van der Waals surface area (Å²) in [6.07, 6.45) is 0.950. The molecule has 1 N–H and O–H groups in total. The minimum atomic E-state index is -0.0433. The van der Waals surface area contributed by atoms with Crippen LogP contribution >= 0.6 is 11.6 Å². The van der Waals surface area contributed by atoms with E-state index in [0.29, 0.717) is 23.1 Å². The molecule has 0 spiro atoms. The van der Waals surface area contributed by atoms with Crippen LogP contribution in [0.3, 0.4) is 0 Å².